The second-order valence-corrected chi connectivity index (χ2v) is 13.5. The van der Waals surface area contributed by atoms with Crippen LogP contribution in [0.3, 0.4) is 0 Å². The van der Waals surface area contributed by atoms with E-state index in [0.717, 1.165) is 41.0 Å². The van der Waals surface area contributed by atoms with Gasteiger partial charge in [0.1, 0.15) is 10.7 Å². The molecular weight excluding hydrogens is 677 g/mol. The Hall–Kier alpha value is -4.09. The summed E-state index contributed by atoms with van der Waals surface area (Å²) in [6.07, 6.45) is 5.21. The molecule has 0 bridgehead atoms. The predicted molar refractivity (Wildman–Crippen MR) is 190 cm³/mol. The van der Waals surface area contributed by atoms with Crippen LogP contribution in [0, 0.1) is 0 Å². The molecule has 0 spiro atoms. The van der Waals surface area contributed by atoms with E-state index >= 15 is 0 Å². The van der Waals surface area contributed by atoms with Crippen molar-refractivity contribution in [2.75, 3.05) is 23.0 Å². The molecule has 0 saturated heterocycles. The molecule has 1 aromatic heterocycles. The van der Waals surface area contributed by atoms with E-state index in [0.29, 0.717) is 37.4 Å². The zero-order valence-corrected chi connectivity index (χ0v) is 28.5. The largest absolute Gasteiger partial charge is 0.462 e. The van der Waals surface area contributed by atoms with E-state index in [1.807, 2.05) is 6.07 Å². The molecule has 1 aliphatic rings. The maximum absolute atomic E-state index is 13.5. The molecule has 0 fully saturated rings. The number of anilines is 2. The van der Waals surface area contributed by atoms with Gasteiger partial charge in [-0.25, -0.2) is 4.79 Å². The van der Waals surface area contributed by atoms with Crippen molar-refractivity contribution in [3.05, 3.63) is 116 Å². The van der Waals surface area contributed by atoms with E-state index in [9.17, 15) is 19.2 Å². The number of halogens is 2. The summed E-state index contributed by atoms with van der Waals surface area (Å²) in [6.45, 7) is 2.01. The minimum atomic E-state index is -0.576. The van der Waals surface area contributed by atoms with E-state index < -0.39 is 17.8 Å². The van der Waals surface area contributed by atoms with Gasteiger partial charge in [-0.15, -0.1) is 23.1 Å². The van der Waals surface area contributed by atoms with E-state index in [4.69, 9.17) is 27.9 Å². The van der Waals surface area contributed by atoms with Crippen LogP contribution in [0.1, 0.15) is 56.5 Å². The highest BCUT2D eigenvalue weighted by atomic mass is 35.5. The molecule has 1 heterocycles. The summed E-state index contributed by atoms with van der Waals surface area (Å²) in [7, 11) is 0. The number of fused-ring (bicyclic) bond motifs is 1. The molecule has 4 aromatic rings. The lowest BCUT2D eigenvalue weighted by Crippen LogP contribution is -2.30. The van der Waals surface area contributed by atoms with Gasteiger partial charge in [0.15, 0.2) is 0 Å². The Balaban J connectivity index is 1.28. The summed E-state index contributed by atoms with van der Waals surface area (Å²) in [6, 6.07) is 20.4. The molecule has 1 aliphatic carbocycles. The van der Waals surface area contributed by atoms with E-state index in [2.05, 4.69) is 16.0 Å². The molecule has 0 atom stereocenters. The van der Waals surface area contributed by atoms with Crippen LogP contribution in [0.5, 0.6) is 0 Å². The summed E-state index contributed by atoms with van der Waals surface area (Å²) < 4.78 is 5.29. The number of hydrogen-bond donors (Lipinski definition) is 3. The Morgan fingerprint density at radius 3 is 2.49 bits per heavy atom. The number of ether oxygens (including phenoxy) is 1. The van der Waals surface area contributed by atoms with Gasteiger partial charge in [0.05, 0.1) is 17.9 Å². The summed E-state index contributed by atoms with van der Waals surface area (Å²) in [5.74, 6) is -1.64. The Kier molecular flexibility index (Phi) is 11.8. The lowest BCUT2D eigenvalue weighted by molar-refractivity contribution is -0.114. The first-order chi connectivity index (χ1) is 22.7. The molecule has 5 rings (SSSR count). The molecule has 47 heavy (non-hydrogen) atoms. The first kappa shape index (κ1) is 34.3. The second kappa shape index (κ2) is 16.1. The summed E-state index contributed by atoms with van der Waals surface area (Å²) in [5, 5.41) is 9.71. The average Bonchev–Trinajstić information content (AvgIpc) is 3.43. The number of rotatable bonds is 11. The second-order valence-electron chi connectivity index (χ2n) is 10.5. The fraction of sp³-hybridized carbons (Fsp3) is 0.200. The van der Waals surface area contributed by atoms with Crippen LogP contribution in [-0.2, 0) is 27.2 Å². The molecule has 8 nitrogen and oxygen atoms in total. The van der Waals surface area contributed by atoms with Crippen LogP contribution >= 0.6 is 46.3 Å². The number of amides is 3. The molecule has 0 radical (unpaired) electrons. The molecule has 0 saturated carbocycles. The van der Waals surface area contributed by atoms with Crippen molar-refractivity contribution in [3.63, 3.8) is 0 Å². The third-order valence-corrected chi connectivity index (χ3v) is 9.92. The number of carbonyl (C=O) groups excluding carboxylic acids is 4. The van der Waals surface area contributed by atoms with Gasteiger partial charge < -0.3 is 20.7 Å². The van der Waals surface area contributed by atoms with Crippen LogP contribution in [0.25, 0.3) is 6.08 Å². The predicted octanol–water partition coefficient (Wildman–Crippen LogP) is 8.25. The molecule has 242 valence electrons. The van der Waals surface area contributed by atoms with Crippen LogP contribution in [0.15, 0.2) is 83.4 Å². The molecule has 3 aromatic carbocycles. The van der Waals surface area contributed by atoms with Crippen molar-refractivity contribution in [2.45, 2.75) is 37.5 Å². The van der Waals surface area contributed by atoms with E-state index in [-0.39, 0.29) is 24.0 Å². The van der Waals surface area contributed by atoms with Crippen LogP contribution in [0.2, 0.25) is 10.0 Å². The fourth-order valence-corrected chi connectivity index (χ4v) is 7.47. The van der Waals surface area contributed by atoms with Gasteiger partial charge in [-0.05, 0) is 92.3 Å². The van der Waals surface area contributed by atoms with Crippen molar-refractivity contribution < 1.29 is 23.9 Å². The number of esters is 1. The maximum atomic E-state index is 13.5. The smallest absolute Gasteiger partial charge is 0.341 e. The maximum Gasteiger partial charge on any atom is 0.341 e. The van der Waals surface area contributed by atoms with Crippen molar-refractivity contribution in [3.8, 4) is 0 Å². The number of hydrogen-bond acceptors (Lipinski definition) is 7. The van der Waals surface area contributed by atoms with Gasteiger partial charge in [-0.1, -0.05) is 53.5 Å². The number of benzene rings is 3. The van der Waals surface area contributed by atoms with Crippen molar-refractivity contribution in [2.24, 2.45) is 0 Å². The summed E-state index contributed by atoms with van der Waals surface area (Å²) >= 11 is 15.1. The standard InChI is InChI=1S/C35H31Cl2N3O5S2/c1-2-45-35(44)31-26-13-6-7-14-29(26)47-34(31)40-30(41)20-46-25-12-8-11-24(19-25)38-33(43)28(17-22-15-16-23(36)18-27(22)37)39-32(42)21-9-4-3-5-10-21/h3-5,8-12,15-19H,2,6-7,13-14,20H2,1H3,(H,38,43)(H,39,42)(H,40,41)/b28-17+. The molecule has 0 unspecified atom stereocenters. The Labute approximate surface area is 290 Å². The third kappa shape index (κ3) is 9.04. The molecular formula is C35H31Cl2N3O5S2. The molecule has 3 amide bonds. The highest BCUT2D eigenvalue weighted by Crippen LogP contribution is 2.39. The number of thioether (sulfide) groups is 1. The average molecular weight is 709 g/mol. The quantitative estimate of drug-likeness (QED) is 0.0822. The Morgan fingerprint density at radius 1 is 0.936 bits per heavy atom. The van der Waals surface area contributed by atoms with Crippen molar-refractivity contribution in [1.29, 1.82) is 0 Å². The van der Waals surface area contributed by atoms with Crippen LogP contribution in [-0.4, -0.2) is 36.1 Å². The topological polar surface area (TPSA) is 114 Å². The van der Waals surface area contributed by atoms with Crippen LogP contribution in [0.4, 0.5) is 10.7 Å². The van der Waals surface area contributed by atoms with Gasteiger partial charge in [-0.3, -0.25) is 14.4 Å². The zero-order valence-electron chi connectivity index (χ0n) is 25.4. The number of thiophene rings is 1. The van der Waals surface area contributed by atoms with Crippen molar-refractivity contribution in [1.82, 2.24) is 5.32 Å². The monoisotopic (exact) mass is 707 g/mol. The SMILES string of the molecule is CCOC(=O)c1c(NC(=O)CSc2cccc(NC(=O)/C(=C\c3ccc(Cl)cc3Cl)NC(=O)c3ccccc3)c2)sc2c1CCCC2. The van der Waals surface area contributed by atoms with Crippen molar-refractivity contribution >= 4 is 86.8 Å². The van der Waals surface area contributed by atoms with Gasteiger partial charge in [0, 0.05) is 31.1 Å². The van der Waals surface area contributed by atoms with Gasteiger partial charge >= 0.3 is 5.97 Å². The van der Waals surface area contributed by atoms with Gasteiger partial charge in [0.25, 0.3) is 11.8 Å². The fourth-order valence-electron chi connectivity index (χ4n) is 4.96. The minimum Gasteiger partial charge on any atom is -0.462 e. The van der Waals surface area contributed by atoms with Gasteiger partial charge in [0.2, 0.25) is 5.91 Å². The highest BCUT2D eigenvalue weighted by molar-refractivity contribution is 8.00. The zero-order chi connectivity index (χ0) is 33.3. The number of nitrogens with one attached hydrogen (secondary N) is 3. The van der Waals surface area contributed by atoms with E-state index in [1.54, 1.807) is 73.7 Å². The first-order valence-corrected chi connectivity index (χ1v) is 17.5. The number of aryl methyl sites for hydroxylation is 1. The molecule has 3 N–H and O–H groups in total. The normalized spacial score (nSPS) is 12.5. The summed E-state index contributed by atoms with van der Waals surface area (Å²) in [5.41, 5.74) is 2.75. The Bertz CT molecular complexity index is 1840. The Morgan fingerprint density at radius 2 is 1.72 bits per heavy atom. The molecule has 0 aliphatic heterocycles. The number of carbonyl (C=O) groups is 4. The van der Waals surface area contributed by atoms with Gasteiger partial charge in [-0.2, -0.15) is 0 Å². The minimum absolute atomic E-state index is 0.0310. The lowest BCUT2D eigenvalue weighted by Gasteiger charge is -2.13. The van der Waals surface area contributed by atoms with E-state index in [1.165, 1.54) is 29.2 Å². The molecule has 12 heteroatoms. The van der Waals surface area contributed by atoms with Crippen LogP contribution < -0.4 is 16.0 Å². The lowest BCUT2D eigenvalue weighted by atomic mass is 9.95. The summed E-state index contributed by atoms with van der Waals surface area (Å²) in [4.78, 5) is 54.1. The third-order valence-electron chi connectivity index (χ3n) is 7.16. The first-order valence-electron chi connectivity index (χ1n) is 14.9. The highest BCUT2D eigenvalue weighted by Gasteiger charge is 2.27.